The molecule has 0 radical (unpaired) electrons. The molecule has 0 fully saturated rings. The smallest absolute Gasteiger partial charge is 0.00733 e. The Kier molecular flexibility index (Phi) is 7.24. The van der Waals surface area contributed by atoms with Gasteiger partial charge >= 0.3 is 0 Å². The van der Waals surface area contributed by atoms with E-state index in [9.17, 15) is 0 Å². The number of allylic oxidation sites excluding steroid dienone is 1. The first-order valence-corrected chi connectivity index (χ1v) is 13.3. The Labute approximate surface area is 227 Å². The SMILES string of the molecule is C=C(c1ccc(-c2ccccc2)cc1C)c1ccc(C)c(-c2ccc(-c3ccccc3)cc2C)c1/C=C\C. The summed E-state index contributed by atoms with van der Waals surface area (Å²) in [5.74, 6) is 0. The van der Waals surface area contributed by atoms with Crippen LogP contribution in [0.1, 0.15) is 40.3 Å². The van der Waals surface area contributed by atoms with Gasteiger partial charge in [-0.1, -0.05) is 128 Å². The molecule has 0 heterocycles. The first kappa shape index (κ1) is 25.2. The first-order valence-electron chi connectivity index (χ1n) is 13.3. The minimum absolute atomic E-state index is 1.05. The van der Waals surface area contributed by atoms with Crippen molar-refractivity contribution >= 4 is 11.6 Å². The van der Waals surface area contributed by atoms with Crippen molar-refractivity contribution in [3.8, 4) is 33.4 Å². The van der Waals surface area contributed by atoms with Gasteiger partial charge in [0.05, 0.1) is 0 Å². The minimum Gasteiger partial charge on any atom is -0.0905 e. The fourth-order valence-corrected chi connectivity index (χ4v) is 5.40. The summed E-state index contributed by atoms with van der Waals surface area (Å²) in [6, 6.07) is 39.1. The van der Waals surface area contributed by atoms with Crippen LogP contribution in [0.25, 0.3) is 45.0 Å². The molecule has 0 heteroatoms. The topological polar surface area (TPSA) is 0 Å². The molecule has 0 aliphatic rings. The summed E-state index contributed by atoms with van der Waals surface area (Å²) in [6.07, 6.45) is 4.37. The number of benzene rings is 5. The van der Waals surface area contributed by atoms with Crippen LogP contribution in [0.4, 0.5) is 0 Å². The lowest BCUT2D eigenvalue weighted by Crippen LogP contribution is -1.99. The molecule has 0 spiro atoms. The predicted molar refractivity (Wildman–Crippen MR) is 166 cm³/mol. The predicted octanol–water partition coefficient (Wildman–Crippen LogP) is 10.7. The molecule has 0 unspecified atom stereocenters. The molecule has 5 aromatic rings. The third-order valence-corrected chi connectivity index (χ3v) is 7.37. The van der Waals surface area contributed by atoms with E-state index in [2.05, 4.69) is 156 Å². The van der Waals surface area contributed by atoms with Crippen LogP contribution in [-0.2, 0) is 0 Å². The van der Waals surface area contributed by atoms with Crippen LogP contribution in [-0.4, -0.2) is 0 Å². The second-order valence-electron chi connectivity index (χ2n) is 9.99. The van der Waals surface area contributed by atoms with E-state index < -0.39 is 0 Å². The highest BCUT2D eigenvalue weighted by atomic mass is 14.2. The van der Waals surface area contributed by atoms with Crippen LogP contribution in [0.5, 0.6) is 0 Å². The van der Waals surface area contributed by atoms with E-state index in [-0.39, 0.29) is 0 Å². The van der Waals surface area contributed by atoms with Crippen molar-refractivity contribution in [1.82, 2.24) is 0 Å². The van der Waals surface area contributed by atoms with Crippen molar-refractivity contribution in [2.24, 2.45) is 0 Å². The molecule has 186 valence electrons. The van der Waals surface area contributed by atoms with E-state index in [1.54, 1.807) is 0 Å². The van der Waals surface area contributed by atoms with Gasteiger partial charge in [0.1, 0.15) is 0 Å². The highest BCUT2D eigenvalue weighted by molar-refractivity contribution is 5.92. The molecular weight excluding hydrogens is 456 g/mol. The van der Waals surface area contributed by atoms with E-state index in [0.29, 0.717) is 0 Å². The van der Waals surface area contributed by atoms with E-state index >= 15 is 0 Å². The molecule has 38 heavy (non-hydrogen) atoms. The summed E-state index contributed by atoms with van der Waals surface area (Å²) < 4.78 is 0. The Bertz CT molecular complexity index is 1630. The zero-order valence-electron chi connectivity index (χ0n) is 22.8. The van der Waals surface area contributed by atoms with Crippen LogP contribution < -0.4 is 0 Å². The molecule has 5 rings (SSSR count). The largest absolute Gasteiger partial charge is 0.0905 e. The summed E-state index contributed by atoms with van der Waals surface area (Å²) in [4.78, 5) is 0. The normalized spacial score (nSPS) is 11.2. The van der Waals surface area contributed by atoms with Gasteiger partial charge in [-0.3, -0.25) is 0 Å². The molecule has 0 aliphatic heterocycles. The van der Waals surface area contributed by atoms with E-state index in [0.717, 1.165) is 5.57 Å². The number of hydrogen-bond acceptors (Lipinski definition) is 0. The van der Waals surface area contributed by atoms with E-state index in [1.165, 1.54) is 66.8 Å². The van der Waals surface area contributed by atoms with Gasteiger partial charge in [0.15, 0.2) is 0 Å². The number of aryl methyl sites for hydroxylation is 3. The van der Waals surface area contributed by atoms with Crippen molar-refractivity contribution < 1.29 is 0 Å². The lowest BCUT2D eigenvalue weighted by atomic mass is 9.84. The molecule has 0 amide bonds. The monoisotopic (exact) mass is 490 g/mol. The van der Waals surface area contributed by atoms with Crippen LogP contribution in [0.3, 0.4) is 0 Å². The van der Waals surface area contributed by atoms with Crippen molar-refractivity contribution in [2.75, 3.05) is 0 Å². The highest BCUT2D eigenvalue weighted by Gasteiger charge is 2.17. The first-order chi connectivity index (χ1) is 18.5. The van der Waals surface area contributed by atoms with Gasteiger partial charge in [0, 0.05) is 0 Å². The maximum atomic E-state index is 4.61. The summed E-state index contributed by atoms with van der Waals surface area (Å²) >= 11 is 0. The molecule has 0 saturated heterocycles. The summed E-state index contributed by atoms with van der Waals surface area (Å²) in [6.45, 7) is 13.3. The summed E-state index contributed by atoms with van der Waals surface area (Å²) in [5, 5.41) is 0. The van der Waals surface area contributed by atoms with Crippen molar-refractivity contribution in [2.45, 2.75) is 27.7 Å². The average molecular weight is 491 g/mol. The van der Waals surface area contributed by atoms with Gasteiger partial charge in [0.25, 0.3) is 0 Å². The molecule has 0 N–H and O–H groups in total. The third-order valence-electron chi connectivity index (χ3n) is 7.37. The highest BCUT2D eigenvalue weighted by Crippen LogP contribution is 2.39. The standard InChI is InChI=1S/C38H34/c1-6-13-37-36(29(5)34-22-19-32(24-27(34)3)30-14-9-7-10-15-30)21-18-26(2)38(37)35-23-20-33(25-28(35)4)31-16-11-8-12-17-31/h6-25H,5H2,1-4H3/b13-6-. The molecule has 0 aromatic heterocycles. The lowest BCUT2D eigenvalue weighted by Gasteiger charge is -2.20. The quantitative estimate of drug-likeness (QED) is 0.222. The van der Waals surface area contributed by atoms with E-state index in [1.807, 2.05) is 0 Å². The summed E-state index contributed by atoms with van der Waals surface area (Å²) in [7, 11) is 0. The van der Waals surface area contributed by atoms with Gasteiger partial charge in [-0.2, -0.15) is 0 Å². The van der Waals surface area contributed by atoms with Crippen LogP contribution in [0.15, 0.2) is 122 Å². The average Bonchev–Trinajstić information content (AvgIpc) is 2.94. The van der Waals surface area contributed by atoms with Crippen LogP contribution in [0, 0.1) is 20.8 Å². The van der Waals surface area contributed by atoms with Crippen molar-refractivity contribution in [1.29, 1.82) is 0 Å². The molecule has 0 saturated carbocycles. The lowest BCUT2D eigenvalue weighted by molar-refractivity contribution is 1.37. The maximum Gasteiger partial charge on any atom is -0.00733 e. The molecule has 0 bridgehead atoms. The second kappa shape index (κ2) is 10.9. The van der Waals surface area contributed by atoms with Gasteiger partial charge in [-0.15, -0.1) is 0 Å². The fraction of sp³-hybridized carbons (Fsp3) is 0.105. The molecule has 0 atom stereocenters. The zero-order valence-corrected chi connectivity index (χ0v) is 22.8. The number of hydrogen-bond donors (Lipinski definition) is 0. The Balaban J connectivity index is 1.60. The van der Waals surface area contributed by atoms with Gasteiger partial charge in [0.2, 0.25) is 0 Å². The second-order valence-corrected chi connectivity index (χ2v) is 9.99. The van der Waals surface area contributed by atoms with E-state index in [4.69, 9.17) is 0 Å². The maximum absolute atomic E-state index is 4.61. The van der Waals surface area contributed by atoms with Gasteiger partial charge in [-0.25, -0.2) is 0 Å². The number of rotatable bonds is 6. The molecule has 5 aromatic carbocycles. The van der Waals surface area contributed by atoms with Crippen LogP contribution >= 0.6 is 0 Å². The molecule has 0 nitrogen and oxygen atoms in total. The van der Waals surface area contributed by atoms with Crippen molar-refractivity contribution in [3.63, 3.8) is 0 Å². The van der Waals surface area contributed by atoms with Gasteiger partial charge < -0.3 is 0 Å². The Hall–Kier alpha value is -4.42. The Morgan fingerprint density at radius 2 is 1.11 bits per heavy atom. The zero-order chi connectivity index (χ0) is 26.6. The van der Waals surface area contributed by atoms with Crippen LogP contribution in [0.2, 0.25) is 0 Å². The van der Waals surface area contributed by atoms with Gasteiger partial charge in [-0.05, 0) is 100 Å². The summed E-state index contributed by atoms with van der Waals surface area (Å²) in [5.41, 5.74) is 15.9. The Morgan fingerprint density at radius 3 is 1.66 bits per heavy atom. The minimum atomic E-state index is 1.05. The molecular formula is C38H34. The third kappa shape index (κ3) is 4.91. The molecule has 0 aliphatic carbocycles. The van der Waals surface area contributed by atoms with Crippen molar-refractivity contribution in [3.05, 3.63) is 155 Å². The Morgan fingerprint density at radius 1 is 0.553 bits per heavy atom. The fourth-order valence-electron chi connectivity index (χ4n) is 5.40.